The maximum atomic E-state index is 12.8. The Hall–Kier alpha value is -0.470. The van der Waals surface area contributed by atoms with Crippen LogP contribution in [-0.4, -0.2) is 67.5 Å². The lowest BCUT2D eigenvalue weighted by molar-refractivity contribution is 0.214. The molecule has 1 aliphatic heterocycles. The molecule has 2 N–H and O–H groups in total. The van der Waals surface area contributed by atoms with E-state index in [1.807, 2.05) is 0 Å². The van der Waals surface area contributed by atoms with E-state index in [1.54, 1.807) is 10.4 Å². The highest BCUT2D eigenvalue weighted by atomic mass is 32.2. The Balaban J connectivity index is 2.81. The zero-order valence-electron chi connectivity index (χ0n) is 13.0. The minimum atomic E-state index is -3.54. The summed E-state index contributed by atoms with van der Waals surface area (Å²) < 4.78 is 28.4. The van der Waals surface area contributed by atoms with E-state index in [-0.39, 0.29) is 25.7 Å². The molecule has 1 unspecified atom stereocenters. The van der Waals surface area contributed by atoms with E-state index < -0.39 is 10.2 Å². The summed E-state index contributed by atoms with van der Waals surface area (Å²) in [5.74, 6) is 0. The van der Waals surface area contributed by atoms with Gasteiger partial charge >= 0.3 is 0 Å². The van der Waals surface area contributed by atoms with Gasteiger partial charge in [-0.2, -0.15) is 17.0 Å². The maximum absolute atomic E-state index is 12.8. The predicted molar refractivity (Wildman–Crippen MR) is 85.3 cm³/mol. The SMILES string of the molecule is C=CCN(CCO)S(=O)(=O)N1CCCCC1CNCCC. The van der Waals surface area contributed by atoms with Crippen LogP contribution in [0.25, 0.3) is 0 Å². The van der Waals surface area contributed by atoms with Gasteiger partial charge in [-0.15, -0.1) is 6.58 Å². The number of hydrogen-bond donors (Lipinski definition) is 2. The molecular formula is C14H29N3O3S. The molecule has 0 radical (unpaired) electrons. The Morgan fingerprint density at radius 1 is 1.48 bits per heavy atom. The highest BCUT2D eigenvalue weighted by Gasteiger charge is 2.35. The van der Waals surface area contributed by atoms with Crippen LogP contribution in [-0.2, 0) is 10.2 Å². The number of nitrogens with one attached hydrogen (secondary N) is 1. The molecular weight excluding hydrogens is 290 g/mol. The fourth-order valence-corrected chi connectivity index (χ4v) is 4.45. The van der Waals surface area contributed by atoms with Crippen molar-refractivity contribution in [2.75, 3.05) is 39.3 Å². The van der Waals surface area contributed by atoms with Crippen molar-refractivity contribution in [3.8, 4) is 0 Å². The molecule has 124 valence electrons. The van der Waals surface area contributed by atoms with E-state index in [4.69, 9.17) is 5.11 Å². The zero-order chi connectivity index (χ0) is 15.7. The fraction of sp³-hybridized carbons (Fsp3) is 0.857. The molecule has 0 aromatic carbocycles. The van der Waals surface area contributed by atoms with Crippen LogP contribution in [0.1, 0.15) is 32.6 Å². The topological polar surface area (TPSA) is 72.9 Å². The van der Waals surface area contributed by atoms with Crippen LogP contribution in [0.3, 0.4) is 0 Å². The highest BCUT2D eigenvalue weighted by Crippen LogP contribution is 2.22. The van der Waals surface area contributed by atoms with Crippen molar-refractivity contribution < 1.29 is 13.5 Å². The van der Waals surface area contributed by atoms with Crippen molar-refractivity contribution in [1.82, 2.24) is 13.9 Å². The second kappa shape index (κ2) is 9.53. The third-order valence-electron chi connectivity index (χ3n) is 3.68. The first-order valence-electron chi connectivity index (χ1n) is 7.77. The van der Waals surface area contributed by atoms with Gasteiger partial charge in [-0.25, -0.2) is 0 Å². The standard InChI is InChI=1S/C14H29N3O3S/c1-3-8-15-13-14-7-5-6-10-17(14)21(19,20)16(9-4-2)11-12-18/h4,14-15,18H,2-3,5-13H2,1H3. The molecule has 0 amide bonds. The van der Waals surface area contributed by atoms with Crippen LogP contribution in [0.4, 0.5) is 0 Å². The molecule has 1 fully saturated rings. The monoisotopic (exact) mass is 319 g/mol. The number of hydrogen-bond acceptors (Lipinski definition) is 4. The van der Waals surface area contributed by atoms with Crippen molar-refractivity contribution in [3.63, 3.8) is 0 Å². The van der Waals surface area contributed by atoms with Crippen molar-refractivity contribution in [2.45, 2.75) is 38.6 Å². The summed E-state index contributed by atoms with van der Waals surface area (Å²) in [6, 6.07) is 0.00121. The summed E-state index contributed by atoms with van der Waals surface area (Å²) in [6.45, 7) is 8.00. The second-order valence-electron chi connectivity index (χ2n) is 5.34. The molecule has 0 aliphatic carbocycles. The molecule has 0 bridgehead atoms. The summed E-state index contributed by atoms with van der Waals surface area (Å²) in [5.41, 5.74) is 0. The lowest BCUT2D eigenvalue weighted by atomic mass is 10.1. The second-order valence-corrected chi connectivity index (χ2v) is 7.22. The van der Waals surface area contributed by atoms with Gasteiger partial charge in [-0.05, 0) is 25.8 Å². The minimum absolute atomic E-state index is 0.00121. The number of aliphatic hydroxyl groups is 1. The van der Waals surface area contributed by atoms with Gasteiger partial charge in [0.05, 0.1) is 6.61 Å². The summed E-state index contributed by atoms with van der Waals surface area (Å²) in [4.78, 5) is 0. The van der Waals surface area contributed by atoms with Gasteiger partial charge in [0.25, 0.3) is 10.2 Å². The Bertz CT molecular complexity index is 400. The average Bonchev–Trinajstić information content (AvgIpc) is 2.47. The van der Waals surface area contributed by atoms with Crippen LogP contribution < -0.4 is 5.32 Å². The van der Waals surface area contributed by atoms with Crippen LogP contribution in [0.15, 0.2) is 12.7 Å². The lowest BCUT2D eigenvalue weighted by Gasteiger charge is -2.37. The van der Waals surface area contributed by atoms with Gasteiger partial charge in [0.1, 0.15) is 0 Å². The Labute approximate surface area is 129 Å². The van der Waals surface area contributed by atoms with Crippen molar-refractivity contribution in [1.29, 1.82) is 0 Å². The largest absolute Gasteiger partial charge is 0.395 e. The number of aliphatic hydroxyl groups excluding tert-OH is 1. The third-order valence-corrected chi connectivity index (χ3v) is 5.74. The summed E-state index contributed by atoms with van der Waals surface area (Å²) in [7, 11) is -3.54. The van der Waals surface area contributed by atoms with Crippen molar-refractivity contribution in [2.24, 2.45) is 0 Å². The number of piperidine rings is 1. The molecule has 1 atom stereocenters. The zero-order valence-corrected chi connectivity index (χ0v) is 13.8. The van der Waals surface area contributed by atoms with Gasteiger partial charge in [0.15, 0.2) is 0 Å². The molecule has 21 heavy (non-hydrogen) atoms. The smallest absolute Gasteiger partial charge is 0.282 e. The first-order chi connectivity index (χ1) is 10.1. The third kappa shape index (κ3) is 5.34. The minimum Gasteiger partial charge on any atom is -0.395 e. The predicted octanol–water partition coefficient (Wildman–Crippen LogP) is 0.566. The van der Waals surface area contributed by atoms with Gasteiger partial charge in [-0.3, -0.25) is 0 Å². The van der Waals surface area contributed by atoms with E-state index in [1.165, 1.54) is 4.31 Å². The molecule has 0 aromatic heterocycles. The molecule has 0 saturated carbocycles. The van der Waals surface area contributed by atoms with Crippen LogP contribution in [0.2, 0.25) is 0 Å². The summed E-state index contributed by atoms with van der Waals surface area (Å²) >= 11 is 0. The first-order valence-corrected chi connectivity index (χ1v) is 9.17. The van der Waals surface area contributed by atoms with E-state index in [9.17, 15) is 8.42 Å². The molecule has 1 aliphatic rings. The lowest BCUT2D eigenvalue weighted by Crippen LogP contribution is -2.54. The Kier molecular flexibility index (Phi) is 8.43. The molecule has 7 heteroatoms. The van der Waals surface area contributed by atoms with Crippen LogP contribution in [0.5, 0.6) is 0 Å². The van der Waals surface area contributed by atoms with Crippen LogP contribution in [0, 0.1) is 0 Å². The maximum Gasteiger partial charge on any atom is 0.282 e. The average molecular weight is 319 g/mol. The Morgan fingerprint density at radius 2 is 2.24 bits per heavy atom. The fourth-order valence-electron chi connectivity index (χ4n) is 2.63. The van der Waals surface area contributed by atoms with Gasteiger partial charge in [0, 0.05) is 32.2 Å². The van der Waals surface area contributed by atoms with E-state index in [0.29, 0.717) is 13.1 Å². The van der Waals surface area contributed by atoms with Gasteiger partial charge in [0.2, 0.25) is 0 Å². The Morgan fingerprint density at radius 3 is 2.86 bits per heavy atom. The van der Waals surface area contributed by atoms with E-state index in [2.05, 4.69) is 18.8 Å². The highest BCUT2D eigenvalue weighted by molar-refractivity contribution is 7.86. The van der Waals surface area contributed by atoms with E-state index in [0.717, 1.165) is 32.2 Å². The quantitative estimate of drug-likeness (QED) is 0.456. The number of rotatable bonds is 10. The molecule has 6 nitrogen and oxygen atoms in total. The van der Waals surface area contributed by atoms with Crippen molar-refractivity contribution >= 4 is 10.2 Å². The van der Waals surface area contributed by atoms with E-state index >= 15 is 0 Å². The normalized spacial score (nSPS) is 20.8. The van der Waals surface area contributed by atoms with Crippen LogP contribution >= 0.6 is 0 Å². The van der Waals surface area contributed by atoms with Gasteiger partial charge < -0.3 is 10.4 Å². The molecule has 1 saturated heterocycles. The first kappa shape index (κ1) is 18.6. The van der Waals surface area contributed by atoms with Gasteiger partial charge in [-0.1, -0.05) is 19.4 Å². The summed E-state index contributed by atoms with van der Waals surface area (Å²) in [6.07, 6.45) is 5.43. The molecule has 0 aromatic rings. The molecule has 1 heterocycles. The van der Waals surface area contributed by atoms with Crippen molar-refractivity contribution in [3.05, 3.63) is 12.7 Å². The number of nitrogens with zero attached hydrogens (tertiary/aromatic N) is 2. The molecule has 0 spiro atoms. The molecule has 1 rings (SSSR count). The summed E-state index contributed by atoms with van der Waals surface area (Å²) in [5, 5.41) is 12.4.